The Hall–Kier alpha value is -1.60. The molecule has 0 spiro atoms. The molecular weight excluding hydrogens is 266 g/mol. The summed E-state index contributed by atoms with van der Waals surface area (Å²) < 4.78 is 26.1. The van der Waals surface area contributed by atoms with Gasteiger partial charge in [0.25, 0.3) is 0 Å². The van der Waals surface area contributed by atoms with E-state index in [1.807, 2.05) is 0 Å². The second kappa shape index (κ2) is 5.58. The average molecular weight is 285 g/mol. The maximum absolute atomic E-state index is 12.5. The molecule has 1 aromatic carbocycles. The van der Waals surface area contributed by atoms with Crippen molar-refractivity contribution in [2.45, 2.75) is 25.7 Å². The molecule has 0 saturated carbocycles. The number of nitrogen functional groups attached to an aromatic ring is 1. The van der Waals surface area contributed by atoms with Gasteiger partial charge in [-0.3, -0.25) is 4.79 Å². The van der Waals surface area contributed by atoms with Crippen molar-refractivity contribution in [3.63, 3.8) is 0 Å². The summed E-state index contributed by atoms with van der Waals surface area (Å²) in [5.41, 5.74) is 12.4. The second-order valence-electron chi connectivity index (χ2n) is 4.34. The van der Waals surface area contributed by atoms with Gasteiger partial charge in [0, 0.05) is 6.54 Å². The van der Waals surface area contributed by atoms with Crippen molar-refractivity contribution in [3.05, 3.63) is 23.3 Å². The van der Waals surface area contributed by atoms with Gasteiger partial charge in [0.2, 0.25) is 15.9 Å². The number of carbonyl (C=O) groups excluding carboxylic acids is 1. The minimum Gasteiger partial charge on any atom is -0.397 e. The molecule has 1 rings (SSSR count). The first-order valence-electron chi connectivity index (χ1n) is 5.86. The Morgan fingerprint density at radius 1 is 1.26 bits per heavy atom. The Balaban J connectivity index is 3.42. The monoisotopic (exact) mass is 285 g/mol. The summed E-state index contributed by atoms with van der Waals surface area (Å²) >= 11 is 0. The van der Waals surface area contributed by atoms with Crippen molar-refractivity contribution < 1.29 is 13.2 Å². The van der Waals surface area contributed by atoms with Gasteiger partial charge in [-0.2, -0.15) is 4.31 Å². The van der Waals surface area contributed by atoms with Crippen LogP contribution in [0.4, 0.5) is 5.69 Å². The molecule has 6 nitrogen and oxygen atoms in total. The highest BCUT2D eigenvalue weighted by molar-refractivity contribution is 7.89. The number of likely N-dealkylation sites (N-methyl/N-ethyl adjacent to an activating group) is 1. The third-order valence-electron chi connectivity index (χ3n) is 2.89. The molecule has 1 amide bonds. The summed E-state index contributed by atoms with van der Waals surface area (Å²) in [5.74, 6) is -0.700. The van der Waals surface area contributed by atoms with Gasteiger partial charge >= 0.3 is 0 Å². The first-order chi connectivity index (χ1) is 8.71. The number of hydrogen-bond acceptors (Lipinski definition) is 4. The summed E-state index contributed by atoms with van der Waals surface area (Å²) in [4.78, 5) is 11.0. The largest absolute Gasteiger partial charge is 0.397 e. The van der Waals surface area contributed by atoms with E-state index in [1.165, 1.54) is 0 Å². The summed E-state index contributed by atoms with van der Waals surface area (Å²) in [6.45, 7) is 4.84. The lowest BCUT2D eigenvalue weighted by Gasteiger charge is -2.21. The third kappa shape index (κ3) is 3.05. The van der Waals surface area contributed by atoms with Crippen LogP contribution in [-0.4, -0.2) is 31.7 Å². The summed E-state index contributed by atoms with van der Waals surface area (Å²) in [7, 11) is -3.82. The van der Waals surface area contributed by atoms with Gasteiger partial charge < -0.3 is 11.5 Å². The number of primary amides is 1. The number of amides is 1. The molecular formula is C12H19N3O3S. The van der Waals surface area contributed by atoms with E-state index in [4.69, 9.17) is 11.5 Å². The first kappa shape index (κ1) is 15.5. The molecule has 0 aromatic heterocycles. The fourth-order valence-corrected chi connectivity index (χ4v) is 3.63. The number of nitrogens with two attached hydrogens (primary N) is 2. The number of sulfonamides is 1. The van der Waals surface area contributed by atoms with Crippen molar-refractivity contribution in [1.82, 2.24) is 4.31 Å². The molecule has 0 unspecified atom stereocenters. The van der Waals surface area contributed by atoms with E-state index in [-0.39, 0.29) is 23.7 Å². The van der Waals surface area contributed by atoms with Crippen LogP contribution in [0.2, 0.25) is 0 Å². The van der Waals surface area contributed by atoms with E-state index in [2.05, 4.69) is 0 Å². The Bertz CT molecular complexity index is 596. The molecule has 0 saturated heterocycles. The minimum atomic E-state index is -3.82. The lowest BCUT2D eigenvalue weighted by atomic mass is 10.1. The Morgan fingerprint density at radius 3 is 2.26 bits per heavy atom. The van der Waals surface area contributed by atoms with E-state index in [0.717, 1.165) is 4.31 Å². The van der Waals surface area contributed by atoms with Gasteiger partial charge in [-0.1, -0.05) is 19.1 Å². The summed E-state index contributed by atoms with van der Waals surface area (Å²) in [6, 6.07) is 3.45. The SMILES string of the molecule is CCN(CC(N)=O)S(=O)(=O)c1c(C)ccc(C)c1N. The van der Waals surface area contributed by atoms with Crippen molar-refractivity contribution in [2.24, 2.45) is 5.73 Å². The highest BCUT2D eigenvalue weighted by Gasteiger charge is 2.28. The Labute approximate surface area is 113 Å². The van der Waals surface area contributed by atoms with E-state index in [0.29, 0.717) is 11.1 Å². The van der Waals surface area contributed by atoms with Crippen LogP contribution in [0.1, 0.15) is 18.1 Å². The van der Waals surface area contributed by atoms with Crippen LogP contribution < -0.4 is 11.5 Å². The van der Waals surface area contributed by atoms with Crippen LogP contribution in [0.3, 0.4) is 0 Å². The summed E-state index contributed by atoms with van der Waals surface area (Å²) in [5, 5.41) is 0. The number of carbonyl (C=O) groups is 1. The van der Waals surface area contributed by atoms with E-state index in [1.54, 1.807) is 32.9 Å². The van der Waals surface area contributed by atoms with Crippen molar-refractivity contribution in [3.8, 4) is 0 Å². The van der Waals surface area contributed by atoms with Gasteiger partial charge in [0.15, 0.2) is 0 Å². The zero-order valence-electron chi connectivity index (χ0n) is 11.3. The smallest absolute Gasteiger partial charge is 0.245 e. The lowest BCUT2D eigenvalue weighted by Crippen LogP contribution is -2.38. The molecule has 0 fully saturated rings. The van der Waals surface area contributed by atoms with E-state index < -0.39 is 15.9 Å². The number of rotatable bonds is 5. The minimum absolute atomic E-state index is 0.0515. The quantitative estimate of drug-likeness (QED) is 0.763. The van der Waals surface area contributed by atoms with Crippen molar-refractivity contribution >= 4 is 21.6 Å². The van der Waals surface area contributed by atoms with Crippen LogP contribution in [0.25, 0.3) is 0 Å². The maximum Gasteiger partial charge on any atom is 0.245 e. The number of hydrogen-bond donors (Lipinski definition) is 2. The molecule has 7 heteroatoms. The lowest BCUT2D eigenvalue weighted by molar-refractivity contribution is -0.118. The Morgan fingerprint density at radius 2 is 1.79 bits per heavy atom. The molecule has 0 radical (unpaired) electrons. The van der Waals surface area contributed by atoms with Crippen LogP contribution in [-0.2, 0) is 14.8 Å². The second-order valence-corrected chi connectivity index (χ2v) is 6.21. The highest BCUT2D eigenvalue weighted by atomic mass is 32.2. The molecule has 0 aliphatic heterocycles. The van der Waals surface area contributed by atoms with E-state index in [9.17, 15) is 13.2 Å². The molecule has 0 aliphatic carbocycles. The maximum atomic E-state index is 12.5. The highest BCUT2D eigenvalue weighted by Crippen LogP contribution is 2.28. The summed E-state index contributed by atoms with van der Waals surface area (Å²) in [6.07, 6.45) is 0. The topological polar surface area (TPSA) is 106 Å². The zero-order chi connectivity index (χ0) is 14.8. The van der Waals surface area contributed by atoms with Gasteiger partial charge in [0.1, 0.15) is 4.90 Å². The zero-order valence-corrected chi connectivity index (χ0v) is 12.1. The van der Waals surface area contributed by atoms with Crippen molar-refractivity contribution in [1.29, 1.82) is 0 Å². The van der Waals surface area contributed by atoms with Gasteiger partial charge in [-0.15, -0.1) is 0 Å². The van der Waals surface area contributed by atoms with Crippen LogP contribution >= 0.6 is 0 Å². The van der Waals surface area contributed by atoms with Crippen molar-refractivity contribution in [2.75, 3.05) is 18.8 Å². The van der Waals surface area contributed by atoms with E-state index >= 15 is 0 Å². The van der Waals surface area contributed by atoms with Crippen LogP contribution in [0, 0.1) is 13.8 Å². The predicted octanol–water partition coefficient (Wildman–Crippen LogP) is 0.382. The molecule has 1 aromatic rings. The van der Waals surface area contributed by atoms with Crippen LogP contribution in [0.5, 0.6) is 0 Å². The molecule has 0 atom stereocenters. The normalized spacial score (nSPS) is 11.8. The molecule has 106 valence electrons. The number of nitrogens with zero attached hydrogens (tertiary/aromatic N) is 1. The molecule has 19 heavy (non-hydrogen) atoms. The average Bonchev–Trinajstić information content (AvgIpc) is 2.30. The fourth-order valence-electron chi connectivity index (χ4n) is 1.82. The Kier molecular flexibility index (Phi) is 4.54. The standard InChI is InChI=1S/C12H19N3O3S/c1-4-15(7-10(13)16)19(17,18)12-9(3)6-5-8(2)11(12)14/h5-6H,4,7,14H2,1-3H3,(H2,13,16). The first-order valence-corrected chi connectivity index (χ1v) is 7.30. The number of benzene rings is 1. The molecule has 4 N–H and O–H groups in total. The van der Waals surface area contributed by atoms with Crippen LogP contribution in [0.15, 0.2) is 17.0 Å². The van der Waals surface area contributed by atoms with Gasteiger partial charge in [-0.05, 0) is 25.0 Å². The fraction of sp³-hybridized carbons (Fsp3) is 0.417. The third-order valence-corrected chi connectivity index (χ3v) is 5.02. The molecule has 0 aliphatic rings. The number of aryl methyl sites for hydroxylation is 2. The molecule has 0 bridgehead atoms. The van der Waals surface area contributed by atoms with Gasteiger partial charge in [-0.25, -0.2) is 8.42 Å². The van der Waals surface area contributed by atoms with Gasteiger partial charge in [0.05, 0.1) is 12.2 Å². The predicted molar refractivity (Wildman–Crippen MR) is 74.0 cm³/mol. The molecule has 0 heterocycles. The number of anilines is 1.